The molecular formula is C36H40N4O5. The van der Waals surface area contributed by atoms with Gasteiger partial charge in [0, 0.05) is 47.1 Å². The number of aliphatic hydroxyl groups is 1. The first-order valence-corrected chi connectivity index (χ1v) is 15.1. The number of esters is 2. The van der Waals surface area contributed by atoms with Gasteiger partial charge in [0.2, 0.25) is 0 Å². The van der Waals surface area contributed by atoms with Gasteiger partial charge in [0.15, 0.2) is 0 Å². The summed E-state index contributed by atoms with van der Waals surface area (Å²) in [5, 5.41) is 9.93. The topological polar surface area (TPSA) is 130 Å². The van der Waals surface area contributed by atoms with Crippen molar-refractivity contribution in [2.75, 3.05) is 20.8 Å². The van der Waals surface area contributed by atoms with E-state index in [0.717, 1.165) is 89.4 Å². The van der Waals surface area contributed by atoms with Gasteiger partial charge < -0.3 is 24.5 Å². The molecule has 0 radical (unpaired) electrons. The fourth-order valence-electron chi connectivity index (χ4n) is 6.17. The Labute approximate surface area is 262 Å². The number of carbonyl (C=O) groups excluding carboxylic acids is 2. The van der Waals surface area contributed by atoms with Crippen molar-refractivity contribution < 1.29 is 24.2 Å². The second-order valence-corrected chi connectivity index (χ2v) is 11.4. The summed E-state index contributed by atoms with van der Waals surface area (Å²) in [4.78, 5) is 41.6. The van der Waals surface area contributed by atoms with Gasteiger partial charge in [-0.25, -0.2) is 9.97 Å². The second-order valence-electron chi connectivity index (χ2n) is 11.4. The average molecular weight is 609 g/mol. The van der Waals surface area contributed by atoms with Crippen LogP contribution in [0.25, 0.3) is 50.4 Å². The molecule has 0 aromatic carbocycles. The molecule has 0 atom stereocenters. The van der Waals surface area contributed by atoms with Crippen molar-refractivity contribution in [3.8, 4) is 0 Å². The van der Waals surface area contributed by atoms with Gasteiger partial charge in [-0.2, -0.15) is 0 Å². The van der Waals surface area contributed by atoms with Crippen LogP contribution in [0.3, 0.4) is 0 Å². The van der Waals surface area contributed by atoms with Crippen LogP contribution in [0.1, 0.15) is 84.6 Å². The Balaban J connectivity index is 1.90. The molecule has 0 aliphatic carbocycles. The fraction of sp³-hybridized carbons (Fsp3) is 0.333. The molecule has 3 aromatic rings. The first-order valence-electron chi connectivity index (χ1n) is 15.1. The number of nitrogens with one attached hydrogen (secondary N) is 2. The number of methoxy groups -OCH3 is 2. The second kappa shape index (κ2) is 13.1. The highest BCUT2D eigenvalue weighted by atomic mass is 16.5. The smallest absolute Gasteiger partial charge is 0.305 e. The highest BCUT2D eigenvalue weighted by molar-refractivity contribution is 5.96. The molecule has 0 saturated carbocycles. The highest BCUT2D eigenvalue weighted by Gasteiger charge is 2.22. The largest absolute Gasteiger partial charge is 0.469 e. The normalized spacial score (nSPS) is 13.0. The van der Waals surface area contributed by atoms with E-state index in [1.54, 1.807) is 0 Å². The number of fused-ring (bicyclic) bond motifs is 8. The molecular weight excluding hydrogens is 568 g/mol. The quantitative estimate of drug-likeness (QED) is 0.226. The van der Waals surface area contributed by atoms with Gasteiger partial charge >= 0.3 is 11.9 Å². The molecule has 0 saturated heterocycles. The minimum Gasteiger partial charge on any atom is -0.469 e. The van der Waals surface area contributed by atoms with Crippen LogP contribution in [0.15, 0.2) is 30.8 Å². The lowest BCUT2D eigenvalue weighted by atomic mass is 9.99. The molecule has 2 aliphatic rings. The summed E-state index contributed by atoms with van der Waals surface area (Å²) >= 11 is 0. The lowest BCUT2D eigenvalue weighted by molar-refractivity contribution is -0.141. The number of nitrogens with zero attached hydrogens (tertiary/aromatic N) is 2. The molecule has 234 valence electrons. The molecule has 3 aromatic heterocycles. The molecule has 3 N–H and O–H groups in total. The Kier molecular flexibility index (Phi) is 9.20. The van der Waals surface area contributed by atoms with Crippen molar-refractivity contribution in [2.45, 2.75) is 59.8 Å². The number of H-pyrrole nitrogens is 2. The maximum absolute atomic E-state index is 12.2. The van der Waals surface area contributed by atoms with E-state index in [2.05, 4.69) is 29.5 Å². The van der Waals surface area contributed by atoms with Gasteiger partial charge in [0.1, 0.15) is 0 Å². The molecule has 9 heteroatoms. The average Bonchev–Trinajstić information content (AvgIpc) is 3.68. The van der Waals surface area contributed by atoms with E-state index >= 15 is 0 Å². The summed E-state index contributed by atoms with van der Waals surface area (Å²) in [7, 11) is 2.78. The van der Waals surface area contributed by atoms with Crippen LogP contribution in [-0.2, 0) is 25.5 Å². The molecule has 8 bridgehead atoms. The zero-order valence-electron chi connectivity index (χ0n) is 26.8. The minimum absolute atomic E-state index is 0.00902. The Morgan fingerprint density at radius 3 is 1.89 bits per heavy atom. The number of aryl methyl sites for hydroxylation is 3. The van der Waals surface area contributed by atoms with E-state index in [1.807, 2.05) is 45.0 Å². The number of allylic oxidation sites excluding steroid dienone is 3. The summed E-state index contributed by atoms with van der Waals surface area (Å²) in [6.07, 6.45) is 3.68. The predicted molar refractivity (Wildman–Crippen MR) is 179 cm³/mol. The Bertz CT molecular complexity index is 1940. The van der Waals surface area contributed by atoms with Gasteiger partial charge in [-0.1, -0.05) is 12.7 Å². The fourth-order valence-corrected chi connectivity index (χ4v) is 6.17. The molecule has 2 aliphatic heterocycles. The Hall–Kier alpha value is -4.76. The Morgan fingerprint density at radius 2 is 1.27 bits per heavy atom. The van der Waals surface area contributed by atoms with Gasteiger partial charge in [-0.05, 0) is 110 Å². The predicted octanol–water partition coefficient (Wildman–Crippen LogP) is 6.88. The number of carbonyl (C=O) groups is 2. The minimum atomic E-state index is -0.296. The summed E-state index contributed by atoms with van der Waals surface area (Å²) in [5.74, 6) is -0.579. The van der Waals surface area contributed by atoms with Crippen molar-refractivity contribution in [3.63, 3.8) is 0 Å². The molecule has 0 amide bonds. The third-order valence-electron chi connectivity index (χ3n) is 8.90. The molecule has 0 fully saturated rings. The monoisotopic (exact) mass is 608 g/mol. The van der Waals surface area contributed by atoms with E-state index in [4.69, 9.17) is 19.4 Å². The van der Waals surface area contributed by atoms with Gasteiger partial charge in [-0.15, -0.1) is 0 Å². The van der Waals surface area contributed by atoms with Crippen LogP contribution in [0.5, 0.6) is 0 Å². The maximum atomic E-state index is 12.2. The van der Waals surface area contributed by atoms with Crippen LogP contribution < -0.4 is 0 Å². The molecule has 0 unspecified atom stereocenters. The van der Waals surface area contributed by atoms with Crippen molar-refractivity contribution >= 4 is 62.4 Å². The number of aromatic nitrogens is 4. The van der Waals surface area contributed by atoms with Gasteiger partial charge in [0.25, 0.3) is 0 Å². The van der Waals surface area contributed by atoms with Crippen LogP contribution in [0.2, 0.25) is 0 Å². The lowest BCUT2D eigenvalue weighted by Crippen LogP contribution is -2.02. The number of hydrogen-bond donors (Lipinski definition) is 3. The van der Waals surface area contributed by atoms with E-state index in [0.29, 0.717) is 19.3 Å². The number of ether oxygens (including phenoxy) is 2. The third-order valence-corrected chi connectivity index (χ3v) is 8.90. The van der Waals surface area contributed by atoms with E-state index in [-0.39, 0.29) is 31.4 Å². The molecule has 5 heterocycles. The number of aromatic amines is 2. The summed E-state index contributed by atoms with van der Waals surface area (Å²) in [6, 6.07) is 8.07. The maximum Gasteiger partial charge on any atom is 0.305 e. The van der Waals surface area contributed by atoms with Crippen LogP contribution in [-0.4, -0.2) is 57.8 Å². The van der Waals surface area contributed by atoms with E-state index in [1.165, 1.54) is 14.2 Å². The van der Waals surface area contributed by atoms with Gasteiger partial charge in [-0.3, -0.25) is 9.59 Å². The molecule has 0 spiro atoms. The number of rotatable bonds is 9. The van der Waals surface area contributed by atoms with Crippen molar-refractivity contribution in [1.29, 1.82) is 0 Å². The van der Waals surface area contributed by atoms with E-state index < -0.39 is 0 Å². The summed E-state index contributed by atoms with van der Waals surface area (Å²) in [5.41, 5.74) is 14.5. The Morgan fingerprint density at radius 1 is 0.733 bits per heavy atom. The highest BCUT2D eigenvalue weighted by Crippen LogP contribution is 2.37. The van der Waals surface area contributed by atoms with Crippen molar-refractivity contribution in [1.82, 2.24) is 19.9 Å². The molecule has 5 rings (SSSR count). The zero-order chi connectivity index (χ0) is 32.4. The van der Waals surface area contributed by atoms with Crippen LogP contribution in [0, 0.1) is 13.8 Å². The zero-order valence-corrected chi connectivity index (χ0v) is 26.8. The third kappa shape index (κ3) is 6.13. The van der Waals surface area contributed by atoms with Gasteiger partial charge in [0.05, 0.1) is 37.0 Å². The first kappa shape index (κ1) is 31.7. The summed E-state index contributed by atoms with van der Waals surface area (Å²) < 4.78 is 9.88. The van der Waals surface area contributed by atoms with Crippen molar-refractivity contribution in [2.24, 2.45) is 0 Å². The molecule has 9 nitrogen and oxygen atoms in total. The standard InChI is InChI=1S/C36H40N4O5/c1-8-23-19(2)27-15-28-20(3)24(9-11-35(42)44-6)33(38-28)18-34-25(10-12-36(43)45-7)21(4)30(40-34)17-32-26(13-14-41)22(5)29(39-32)16-31(23)37-27/h8,15-18,37-38,41H,1,9-14H2,2-7H3. The first-order chi connectivity index (χ1) is 21.6. The SMILES string of the molecule is C=Cc1c(C)c2cc3[nH]c(cc4nc(cc5nc(cc1[nH]2)C(C)=C5CCO)C(C)=C4CCC(=O)OC)c(CCC(=O)OC)c3C. The van der Waals surface area contributed by atoms with Crippen LogP contribution in [0.4, 0.5) is 0 Å². The summed E-state index contributed by atoms with van der Waals surface area (Å²) in [6.45, 7) is 12.2. The molecule has 45 heavy (non-hydrogen) atoms. The number of hydrogen-bond acceptors (Lipinski definition) is 7. The van der Waals surface area contributed by atoms with Crippen molar-refractivity contribution in [3.05, 3.63) is 75.9 Å². The lowest BCUT2D eigenvalue weighted by Gasteiger charge is -2.05. The number of aliphatic hydroxyl groups excluding tert-OH is 1. The van der Waals surface area contributed by atoms with E-state index in [9.17, 15) is 14.7 Å². The van der Waals surface area contributed by atoms with Crippen LogP contribution >= 0.6 is 0 Å².